The molecular weight excluding hydrogens is 292 g/mol. The molecule has 21 heavy (non-hydrogen) atoms. The van der Waals surface area contributed by atoms with Crippen LogP contribution in [0.3, 0.4) is 0 Å². The Morgan fingerprint density at radius 3 is 2.43 bits per heavy atom. The number of amides is 1. The summed E-state index contributed by atoms with van der Waals surface area (Å²) in [5, 5.41) is 5.70. The van der Waals surface area contributed by atoms with Crippen molar-refractivity contribution in [2.45, 2.75) is 24.8 Å². The molecule has 8 heteroatoms. The molecule has 0 aromatic heterocycles. The zero-order valence-electron chi connectivity index (χ0n) is 12.7. The van der Waals surface area contributed by atoms with E-state index in [2.05, 4.69) is 10.6 Å². The molecule has 7 nitrogen and oxygen atoms in total. The molecule has 0 heterocycles. The number of hydrogen-bond donors (Lipinski definition) is 3. The van der Waals surface area contributed by atoms with Crippen LogP contribution in [0, 0.1) is 0 Å². The van der Waals surface area contributed by atoms with Gasteiger partial charge in [-0.25, -0.2) is 12.7 Å². The number of benzene rings is 1. The van der Waals surface area contributed by atoms with Crippen molar-refractivity contribution in [3.63, 3.8) is 0 Å². The van der Waals surface area contributed by atoms with E-state index in [1.807, 2.05) is 6.92 Å². The zero-order valence-corrected chi connectivity index (χ0v) is 13.5. The number of nitrogens with one attached hydrogen (secondary N) is 2. The van der Waals surface area contributed by atoms with Crippen LogP contribution in [0.2, 0.25) is 0 Å². The van der Waals surface area contributed by atoms with E-state index >= 15 is 0 Å². The van der Waals surface area contributed by atoms with Crippen LogP contribution in [0.25, 0.3) is 0 Å². The first kappa shape index (κ1) is 17.4. The van der Waals surface area contributed by atoms with Crippen molar-refractivity contribution in [1.29, 1.82) is 0 Å². The Balaban J connectivity index is 3.27. The monoisotopic (exact) mass is 314 g/mol. The van der Waals surface area contributed by atoms with E-state index < -0.39 is 16.1 Å². The maximum Gasteiger partial charge on any atom is 0.242 e. The fourth-order valence-corrected chi connectivity index (χ4v) is 2.52. The summed E-state index contributed by atoms with van der Waals surface area (Å²) >= 11 is 0. The van der Waals surface area contributed by atoms with Gasteiger partial charge >= 0.3 is 0 Å². The average Bonchev–Trinajstić information content (AvgIpc) is 2.40. The first-order valence-corrected chi connectivity index (χ1v) is 8.01. The number of anilines is 2. The number of hydrogen-bond acceptors (Lipinski definition) is 5. The molecule has 4 N–H and O–H groups in total. The molecule has 0 radical (unpaired) electrons. The predicted molar refractivity (Wildman–Crippen MR) is 83.8 cm³/mol. The van der Waals surface area contributed by atoms with Crippen molar-refractivity contribution >= 4 is 27.3 Å². The highest BCUT2D eigenvalue weighted by Gasteiger charge is 2.19. The molecule has 0 bridgehead atoms. The van der Waals surface area contributed by atoms with Crippen molar-refractivity contribution < 1.29 is 13.2 Å². The molecule has 1 aromatic rings. The standard InChI is InChI=1S/C13H22N4O3S/c1-5-15-11-7-6-10(21(19,20)17(3)4)8-12(11)16-13(18)9(2)14/h6-9,15H,5,14H2,1-4H3,(H,16,18)/t9-/m0/s1. The molecule has 0 aliphatic carbocycles. The van der Waals surface area contributed by atoms with Crippen LogP contribution in [0.4, 0.5) is 11.4 Å². The summed E-state index contributed by atoms with van der Waals surface area (Å²) in [6.45, 7) is 4.10. The summed E-state index contributed by atoms with van der Waals surface area (Å²) in [6.07, 6.45) is 0. The second kappa shape index (κ2) is 6.88. The van der Waals surface area contributed by atoms with Gasteiger partial charge in [0.1, 0.15) is 0 Å². The first-order chi connectivity index (χ1) is 9.70. The average molecular weight is 314 g/mol. The fraction of sp³-hybridized carbons (Fsp3) is 0.462. The van der Waals surface area contributed by atoms with Gasteiger partial charge in [0.25, 0.3) is 0 Å². The summed E-state index contributed by atoms with van der Waals surface area (Å²) in [5.74, 6) is -0.381. The molecule has 0 unspecified atom stereocenters. The molecule has 118 valence electrons. The number of nitrogens with two attached hydrogens (primary N) is 1. The third-order valence-corrected chi connectivity index (χ3v) is 4.62. The molecule has 0 aliphatic heterocycles. The van der Waals surface area contributed by atoms with Crippen LogP contribution in [0.1, 0.15) is 13.8 Å². The van der Waals surface area contributed by atoms with Crippen LogP contribution in [-0.2, 0) is 14.8 Å². The number of sulfonamides is 1. The van der Waals surface area contributed by atoms with Gasteiger partial charge in [-0.3, -0.25) is 4.79 Å². The van der Waals surface area contributed by atoms with Crippen molar-refractivity contribution in [3.8, 4) is 0 Å². The summed E-state index contributed by atoms with van der Waals surface area (Å²) in [4.78, 5) is 11.8. The van der Waals surface area contributed by atoms with E-state index in [4.69, 9.17) is 5.73 Å². The van der Waals surface area contributed by atoms with Crippen LogP contribution in [0.5, 0.6) is 0 Å². The van der Waals surface area contributed by atoms with Crippen LogP contribution >= 0.6 is 0 Å². The Morgan fingerprint density at radius 1 is 1.33 bits per heavy atom. The predicted octanol–water partition coefficient (Wildman–Crippen LogP) is 0.654. The lowest BCUT2D eigenvalue weighted by atomic mass is 10.2. The molecule has 0 aliphatic rings. The number of carbonyl (C=O) groups excluding carboxylic acids is 1. The molecular formula is C13H22N4O3S. The molecule has 1 rings (SSSR count). The Labute approximate surface area is 125 Å². The van der Waals surface area contributed by atoms with Gasteiger partial charge in [-0.1, -0.05) is 0 Å². The molecule has 0 saturated carbocycles. The van der Waals surface area contributed by atoms with Crippen molar-refractivity contribution in [3.05, 3.63) is 18.2 Å². The number of carbonyl (C=O) groups is 1. The minimum absolute atomic E-state index is 0.106. The smallest absolute Gasteiger partial charge is 0.242 e. The molecule has 1 amide bonds. The Hall–Kier alpha value is -1.64. The van der Waals surface area contributed by atoms with Crippen molar-refractivity contribution in [2.75, 3.05) is 31.3 Å². The second-order valence-electron chi connectivity index (χ2n) is 4.80. The minimum atomic E-state index is -3.56. The highest BCUT2D eigenvalue weighted by atomic mass is 32.2. The van der Waals surface area contributed by atoms with Gasteiger partial charge in [-0.05, 0) is 32.0 Å². The van der Waals surface area contributed by atoms with Crippen molar-refractivity contribution in [2.24, 2.45) is 5.73 Å². The third-order valence-electron chi connectivity index (χ3n) is 2.81. The quantitative estimate of drug-likeness (QED) is 0.715. The van der Waals surface area contributed by atoms with E-state index in [0.29, 0.717) is 17.9 Å². The van der Waals surface area contributed by atoms with Gasteiger partial charge in [0.05, 0.1) is 22.3 Å². The van der Waals surface area contributed by atoms with E-state index in [1.165, 1.54) is 26.2 Å². The third kappa shape index (κ3) is 4.16. The molecule has 0 fully saturated rings. The van der Waals surface area contributed by atoms with Crippen LogP contribution in [0.15, 0.2) is 23.1 Å². The second-order valence-corrected chi connectivity index (χ2v) is 6.95. The van der Waals surface area contributed by atoms with Gasteiger partial charge in [-0.2, -0.15) is 0 Å². The van der Waals surface area contributed by atoms with Gasteiger partial charge in [0.15, 0.2) is 0 Å². The summed E-state index contributed by atoms with van der Waals surface area (Å²) < 4.78 is 25.4. The fourth-order valence-electron chi connectivity index (χ4n) is 1.59. The summed E-state index contributed by atoms with van der Waals surface area (Å²) in [5.41, 5.74) is 6.55. The molecule has 1 atom stereocenters. The van der Waals surface area contributed by atoms with Gasteiger partial charge in [-0.15, -0.1) is 0 Å². The Bertz CT molecular complexity index is 612. The maximum absolute atomic E-state index is 12.1. The molecule has 1 aromatic carbocycles. The molecule has 0 saturated heterocycles. The zero-order chi connectivity index (χ0) is 16.2. The topological polar surface area (TPSA) is 105 Å². The van der Waals surface area contributed by atoms with E-state index in [9.17, 15) is 13.2 Å². The highest BCUT2D eigenvalue weighted by molar-refractivity contribution is 7.89. The van der Waals surface area contributed by atoms with Crippen LogP contribution in [-0.4, -0.2) is 45.3 Å². The van der Waals surface area contributed by atoms with Crippen LogP contribution < -0.4 is 16.4 Å². The summed E-state index contributed by atoms with van der Waals surface area (Å²) in [7, 11) is -0.660. The van der Waals surface area contributed by atoms with Gasteiger partial charge in [0, 0.05) is 20.6 Å². The lowest BCUT2D eigenvalue weighted by Crippen LogP contribution is -2.32. The van der Waals surface area contributed by atoms with E-state index in [-0.39, 0.29) is 10.8 Å². The highest BCUT2D eigenvalue weighted by Crippen LogP contribution is 2.26. The minimum Gasteiger partial charge on any atom is -0.384 e. The largest absolute Gasteiger partial charge is 0.384 e. The van der Waals surface area contributed by atoms with E-state index in [1.54, 1.807) is 13.0 Å². The molecule has 0 spiro atoms. The van der Waals surface area contributed by atoms with E-state index in [0.717, 1.165) is 4.31 Å². The SMILES string of the molecule is CCNc1ccc(S(=O)(=O)N(C)C)cc1NC(=O)[C@H](C)N. The summed E-state index contributed by atoms with van der Waals surface area (Å²) in [6, 6.07) is 3.85. The van der Waals surface area contributed by atoms with Gasteiger partial charge in [0.2, 0.25) is 15.9 Å². The maximum atomic E-state index is 12.1. The lowest BCUT2D eigenvalue weighted by molar-refractivity contribution is -0.117. The number of rotatable bonds is 6. The van der Waals surface area contributed by atoms with Crippen molar-refractivity contribution in [1.82, 2.24) is 4.31 Å². The Morgan fingerprint density at radius 2 is 1.95 bits per heavy atom. The lowest BCUT2D eigenvalue weighted by Gasteiger charge is -2.17. The number of nitrogens with zero attached hydrogens (tertiary/aromatic N) is 1. The Kier molecular flexibility index (Phi) is 5.70. The first-order valence-electron chi connectivity index (χ1n) is 6.57. The van der Waals surface area contributed by atoms with Gasteiger partial charge < -0.3 is 16.4 Å². The normalized spacial score (nSPS) is 13.0.